The SMILES string of the molecule is C=C(C)C(=O)Oc1ccc(/N=N/c2ccc(/N=N/c3ccccc3)cc2)cc1C. The standard InChI is InChI=1S/C23H20N4O2/c1-16(2)23(28)29-22-14-13-21(15-17(22)3)27-26-20-11-9-19(10-12-20)25-24-18-7-5-4-6-8-18/h4-15H,1H2,2-3H3/b25-24+,27-26+. The number of aryl methyl sites for hydroxylation is 1. The molecule has 0 radical (unpaired) electrons. The summed E-state index contributed by atoms with van der Waals surface area (Å²) in [7, 11) is 0. The smallest absolute Gasteiger partial charge is 0.338 e. The number of benzene rings is 3. The summed E-state index contributed by atoms with van der Waals surface area (Å²) in [5.74, 6) is 0.0251. The first-order chi connectivity index (χ1) is 14.0. The predicted octanol–water partition coefficient (Wildman–Crippen LogP) is 7.31. The van der Waals surface area contributed by atoms with E-state index < -0.39 is 5.97 Å². The molecule has 0 saturated carbocycles. The maximum atomic E-state index is 11.6. The third kappa shape index (κ3) is 5.77. The molecule has 6 nitrogen and oxygen atoms in total. The van der Waals surface area contributed by atoms with Crippen LogP contribution in [0.4, 0.5) is 22.7 Å². The van der Waals surface area contributed by atoms with Crippen molar-refractivity contribution in [1.82, 2.24) is 0 Å². The zero-order valence-corrected chi connectivity index (χ0v) is 16.2. The van der Waals surface area contributed by atoms with Crippen LogP contribution in [0.25, 0.3) is 0 Å². The Morgan fingerprint density at radius 1 is 0.759 bits per heavy atom. The molecule has 0 aromatic heterocycles. The van der Waals surface area contributed by atoms with Gasteiger partial charge in [0.2, 0.25) is 0 Å². The van der Waals surface area contributed by atoms with Crippen molar-refractivity contribution >= 4 is 28.7 Å². The summed E-state index contributed by atoms with van der Waals surface area (Å²) >= 11 is 0. The molecule has 0 heterocycles. The zero-order valence-electron chi connectivity index (χ0n) is 16.2. The van der Waals surface area contributed by atoms with Gasteiger partial charge in [0.1, 0.15) is 5.75 Å². The van der Waals surface area contributed by atoms with Gasteiger partial charge < -0.3 is 4.74 Å². The van der Waals surface area contributed by atoms with Crippen molar-refractivity contribution in [2.45, 2.75) is 13.8 Å². The maximum absolute atomic E-state index is 11.6. The normalized spacial score (nSPS) is 11.1. The van der Waals surface area contributed by atoms with Crippen LogP contribution in [0.5, 0.6) is 5.75 Å². The first-order valence-corrected chi connectivity index (χ1v) is 8.98. The molecule has 0 N–H and O–H groups in total. The zero-order chi connectivity index (χ0) is 20.6. The van der Waals surface area contributed by atoms with E-state index in [1.807, 2.05) is 61.5 Å². The van der Waals surface area contributed by atoms with Crippen LogP contribution in [0.15, 0.2) is 105 Å². The van der Waals surface area contributed by atoms with Crippen LogP contribution in [0.2, 0.25) is 0 Å². The van der Waals surface area contributed by atoms with E-state index in [4.69, 9.17) is 4.74 Å². The number of hydrogen-bond acceptors (Lipinski definition) is 6. The van der Waals surface area contributed by atoms with Crippen molar-refractivity contribution in [2.75, 3.05) is 0 Å². The van der Waals surface area contributed by atoms with Crippen LogP contribution in [0, 0.1) is 6.92 Å². The summed E-state index contributed by atoms with van der Waals surface area (Å²) < 4.78 is 5.26. The van der Waals surface area contributed by atoms with E-state index in [1.165, 1.54) is 0 Å². The summed E-state index contributed by atoms with van der Waals surface area (Å²) in [4.78, 5) is 11.6. The van der Waals surface area contributed by atoms with Crippen molar-refractivity contribution in [1.29, 1.82) is 0 Å². The van der Waals surface area contributed by atoms with Crippen LogP contribution in [-0.4, -0.2) is 5.97 Å². The molecule has 0 spiro atoms. The molecule has 3 rings (SSSR count). The van der Waals surface area contributed by atoms with Gasteiger partial charge >= 0.3 is 5.97 Å². The molecule has 0 aliphatic rings. The lowest BCUT2D eigenvalue weighted by atomic mass is 10.2. The van der Waals surface area contributed by atoms with E-state index in [1.54, 1.807) is 25.1 Å². The molecule has 144 valence electrons. The molecule has 0 atom stereocenters. The summed E-state index contributed by atoms with van der Waals surface area (Å²) in [5, 5.41) is 16.8. The highest BCUT2D eigenvalue weighted by atomic mass is 16.5. The van der Waals surface area contributed by atoms with Crippen molar-refractivity contribution in [3.8, 4) is 5.75 Å². The third-order valence-corrected chi connectivity index (χ3v) is 3.88. The van der Waals surface area contributed by atoms with Crippen LogP contribution < -0.4 is 4.74 Å². The fraction of sp³-hybridized carbons (Fsp3) is 0.0870. The van der Waals surface area contributed by atoms with Crippen LogP contribution in [0.1, 0.15) is 12.5 Å². The lowest BCUT2D eigenvalue weighted by Gasteiger charge is -2.07. The number of hydrogen-bond donors (Lipinski definition) is 0. The molecule has 0 aliphatic carbocycles. The van der Waals surface area contributed by atoms with Gasteiger partial charge in [-0.1, -0.05) is 24.8 Å². The van der Waals surface area contributed by atoms with E-state index in [0.29, 0.717) is 22.7 Å². The fourth-order valence-electron chi connectivity index (χ4n) is 2.31. The number of rotatable bonds is 6. The summed E-state index contributed by atoms with van der Waals surface area (Å²) in [6.45, 7) is 7.02. The lowest BCUT2D eigenvalue weighted by molar-refractivity contribution is -0.130. The molecule has 6 heteroatoms. The number of azo groups is 2. The van der Waals surface area contributed by atoms with Crippen molar-refractivity contribution in [3.05, 3.63) is 90.5 Å². The number of carbonyl (C=O) groups excluding carboxylic acids is 1. The monoisotopic (exact) mass is 384 g/mol. The maximum Gasteiger partial charge on any atom is 0.338 e. The fourth-order valence-corrected chi connectivity index (χ4v) is 2.31. The van der Waals surface area contributed by atoms with Crippen molar-refractivity contribution in [3.63, 3.8) is 0 Å². The first-order valence-electron chi connectivity index (χ1n) is 8.98. The Labute approximate surface area is 169 Å². The molecule has 3 aromatic rings. The number of nitrogens with zero attached hydrogens (tertiary/aromatic N) is 4. The minimum Gasteiger partial charge on any atom is -0.423 e. The Morgan fingerprint density at radius 3 is 1.76 bits per heavy atom. The van der Waals surface area contributed by atoms with E-state index in [-0.39, 0.29) is 0 Å². The molecule has 3 aromatic carbocycles. The average molecular weight is 384 g/mol. The third-order valence-electron chi connectivity index (χ3n) is 3.88. The molecule has 0 aliphatic heterocycles. The lowest BCUT2D eigenvalue weighted by Crippen LogP contribution is -2.08. The summed E-state index contributed by atoms with van der Waals surface area (Å²) in [5.41, 5.74) is 4.01. The summed E-state index contributed by atoms with van der Waals surface area (Å²) in [6.07, 6.45) is 0. The predicted molar refractivity (Wildman–Crippen MR) is 113 cm³/mol. The van der Waals surface area contributed by atoms with E-state index >= 15 is 0 Å². The van der Waals surface area contributed by atoms with Gasteiger partial charge in [0.15, 0.2) is 0 Å². The largest absolute Gasteiger partial charge is 0.423 e. The van der Waals surface area contributed by atoms with Crippen molar-refractivity contribution < 1.29 is 9.53 Å². The van der Waals surface area contributed by atoms with Gasteiger partial charge in [-0.05, 0) is 74.0 Å². The summed E-state index contributed by atoms with van der Waals surface area (Å²) in [6, 6.07) is 22.0. The topological polar surface area (TPSA) is 75.7 Å². The van der Waals surface area contributed by atoms with Gasteiger partial charge in [-0.2, -0.15) is 20.5 Å². The highest BCUT2D eigenvalue weighted by Gasteiger charge is 2.08. The van der Waals surface area contributed by atoms with Gasteiger partial charge in [0.05, 0.1) is 22.7 Å². The number of esters is 1. The first kappa shape index (κ1) is 19.8. The molecule has 29 heavy (non-hydrogen) atoms. The molecule has 0 saturated heterocycles. The second-order valence-electron chi connectivity index (χ2n) is 6.37. The minimum absolute atomic E-state index is 0.347. The highest BCUT2D eigenvalue weighted by molar-refractivity contribution is 5.89. The Balaban J connectivity index is 1.65. The Kier molecular flexibility index (Phi) is 6.37. The van der Waals surface area contributed by atoms with Gasteiger partial charge in [0, 0.05) is 5.57 Å². The number of ether oxygens (including phenoxy) is 1. The Hall–Kier alpha value is -3.93. The van der Waals surface area contributed by atoms with Crippen LogP contribution in [0.3, 0.4) is 0 Å². The molecule has 0 bridgehead atoms. The van der Waals surface area contributed by atoms with E-state index in [0.717, 1.165) is 16.9 Å². The van der Waals surface area contributed by atoms with Gasteiger partial charge in [0.25, 0.3) is 0 Å². The van der Waals surface area contributed by atoms with E-state index in [2.05, 4.69) is 27.0 Å². The quantitative estimate of drug-likeness (QED) is 0.193. The Bertz CT molecular complexity index is 1070. The van der Waals surface area contributed by atoms with Crippen molar-refractivity contribution in [2.24, 2.45) is 20.5 Å². The molecule has 0 fully saturated rings. The molecular formula is C23H20N4O2. The van der Waals surface area contributed by atoms with Gasteiger partial charge in [-0.3, -0.25) is 0 Å². The molecule has 0 amide bonds. The van der Waals surface area contributed by atoms with Gasteiger partial charge in [-0.15, -0.1) is 0 Å². The highest BCUT2D eigenvalue weighted by Crippen LogP contribution is 2.27. The average Bonchev–Trinajstić information content (AvgIpc) is 2.74. The van der Waals surface area contributed by atoms with E-state index in [9.17, 15) is 4.79 Å². The number of carbonyl (C=O) groups is 1. The molecular weight excluding hydrogens is 364 g/mol. The minimum atomic E-state index is -0.452. The van der Waals surface area contributed by atoms with Crippen LogP contribution in [-0.2, 0) is 4.79 Å². The second-order valence-corrected chi connectivity index (χ2v) is 6.37. The van der Waals surface area contributed by atoms with Gasteiger partial charge in [-0.25, -0.2) is 4.79 Å². The second kappa shape index (κ2) is 9.32. The molecule has 0 unspecified atom stereocenters. The van der Waals surface area contributed by atoms with Crippen LogP contribution >= 0.6 is 0 Å². The Morgan fingerprint density at radius 2 is 1.24 bits per heavy atom.